The highest BCUT2D eigenvalue weighted by Crippen LogP contribution is 2.23. The Morgan fingerprint density at radius 3 is 2.07 bits per heavy atom. The number of carbonyl (C=O) groups excluding carboxylic acids is 1. The van der Waals surface area contributed by atoms with Crippen LogP contribution in [0, 0.1) is 0 Å². The summed E-state index contributed by atoms with van der Waals surface area (Å²) in [7, 11) is 3.36. The van der Waals surface area contributed by atoms with Gasteiger partial charge in [-0.1, -0.05) is 0 Å². The number of carbonyl (C=O) groups is 2. The fraction of sp³-hybridized carbons (Fsp3) is 0.778. The van der Waals surface area contributed by atoms with Gasteiger partial charge in [0.2, 0.25) is 0 Å². The minimum atomic E-state index is -1.39. The predicted octanol–water partition coefficient (Wildman–Crippen LogP) is -0.934. The third-order valence-electron chi connectivity index (χ3n) is 3.06. The number of hydrogen-bond acceptors (Lipinski definition) is 3. The smallest absolute Gasteiger partial charge is 0.310 e. The zero-order valence-corrected chi connectivity index (χ0v) is 9.03. The van der Waals surface area contributed by atoms with Gasteiger partial charge in [0, 0.05) is 0 Å². The van der Waals surface area contributed by atoms with Crippen molar-refractivity contribution in [3.8, 4) is 0 Å². The van der Waals surface area contributed by atoms with Crippen LogP contribution >= 0.6 is 0 Å². The summed E-state index contributed by atoms with van der Waals surface area (Å²) in [5.74, 6) is -2.46. The van der Waals surface area contributed by atoms with E-state index >= 15 is 0 Å². The van der Waals surface area contributed by atoms with Crippen LogP contribution in [0.5, 0.6) is 0 Å². The van der Waals surface area contributed by atoms with Crippen molar-refractivity contribution < 1.29 is 24.3 Å². The Morgan fingerprint density at radius 2 is 1.86 bits per heavy atom. The zero-order chi connectivity index (χ0) is 11.6. The highest BCUT2D eigenvalue weighted by atomic mass is 16.4. The lowest BCUT2D eigenvalue weighted by Gasteiger charge is -2.45. The van der Waals surface area contributed by atoms with E-state index in [0.717, 1.165) is 0 Å². The van der Waals surface area contributed by atoms with E-state index in [9.17, 15) is 14.7 Å². The van der Waals surface area contributed by atoms with Crippen molar-refractivity contribution in [2.75, 3.05) is 20.6 Å². The lowest BCUT2D eigenvalue weighted by molar-refractivity contribution is -0.930. The summed E-state index contributed by atoms with van der Waals surface area (Å²) in [6, 6.07) is 0. The van der Waals surface area contributed by atoms with E-state index in [1.54, 1.807) is 14.1 Å². The van der Waals surface area contributed by atoms with E-state index < -0.39 is 23.9 Å². The molecule has 0 aromatic rings. The normalized spacial score (nSPS) is 16.0. The van der Waals surface area contributed by atoms with Gasteiger partial charge in [0.15, 0.2) is 0 Å². The third kappa shape index (κ3) is 2.23. The molecule has 0 aromatic heterocycles. The van der Waals surface area contributed by atoms with Crippen molar-refractivity contribution in [2.45, 2.75) is 25.8 Å². The predicted molar refractivity (Wildman–Crippen MR) is 48.3 cm³/mol. The maximum absolute atomic E-state index is 11.0. The molecule has 14 heavy (non-hydrogen) atoms. The molecule has 5 nitrogen and oxygen atoms in total. The van der Waals surface area contributed by atoms with E-state index in [4.69, 9.17) is 5.11 Å². The molecule has 82 valence electrons. The Labute approximate surface area is 83.5 Å². The van der Waals surface area contributed by atoms with E-state index in [1.807, 2.05) is 6.92 Å². The van der Waals surface area contributed by atoms with Crippen LogP contribution in [0.25, 0.3) is 0 Å². The van der Waals surface area contributed by atoms with Crippen LogP contribution in [0.2, 0.25) is 0 Å². The van der Waals surface area contributed by atoms with Gasteiger partial charge >= 0.3 is 5.97 Å². The maximum Gasteiger partial charge on any atom is 0.310 e. The first-order chi connectivity index (χ1) is 6.17. The van der Waals surface area contributed by atoms with Gasteiger partial charge in [0.05, 0.1) is 20.6 Å². The summed E-state index contributed by atoms with van der Waals surface area (Å²) in [6.07, 6.45) is -0.434. The number of carboxylic acid groups (broad SMARTS) is 2. The molecule has 0 fully saturated rings. The highest BCUT2D eigenvalue weighted by Gasteiger charge is 2.43. The molecule has 0 saturated heterocycles. The van der Waals surface area contributed by atoms with Crippen molar-refractivity contribution in [3.05, 3.63) is 0 Å². The summed E-state index contributed by atoms with van der Waals surface area (Å²) >= 11 is 0. The number of quaternary nitrogens is 1. The maximum atomic E-state index is 11.0. The van der Waals surface area contributed by atoms with Crippen molar-refractivity contribution in [1.29, 1.82) is 0 Å². The quantitative estimate of drug-likeness (QED) is 0.585. The van der Waals surface area contributed by atoms with Crippen molar-refractivity contribution in [1.82, 2.24) is 0 Å². The number of aliphatic carboxylic acids is 2. The first-order valence-corrected chi connectivity index (χ1v) is 4.43. The lowest BCUT2D eigenvalue weighted by atomic mass is 9.93. The Balaban J connectivity index is 5.09. The number of hydrogen-bond donors (Lipinski definition) is 1. The number of carboxylic acids is 2. The molecule has 0 aliphatic rings. The SMILES string of the molecule is CC[N+](C)(C)C(C)(CC(=O)O)C(=O)[O-]. The van der Waals surface area contributed by atoms with Crippen LogP contribution in [0.3, 0.4) is 0 Å². The van der Waals surface area contributed by atoms with Gasteiger partial charge in [-0.05, 0) is 13.8 Å². The van der Waals surface area contributed by atoms with Crippen LogP contribution in [0.15, 0.2) is 0 Å². The average molecular weight is 203 g/mol. The summed E-state index contributed by atoms with van der Waals surface area (Å²) in [6.45, 7) is 3.74. The summed E-state index contributed by atoms with van der Waals surface area (Å²) in [5.41, 5.74) is -1.39. The molecule has 0 aliphatic carbocycles. The topological polar surface area (TPSA) is 77.4 Å². The minimum Gasteiger partial charge on any atom is -0.544 e. The molecule has 5 heteroatoms. The Morgan fingerprint density at radius 1 is 1.43 bits per heavy atom. The van der Waals surface area contributed by atoms with E-state index in [-0.39, 0.29) is 4.48 Å². The molecule has 0 bridgehead atoms. The van der Waals surface area contributed by atoms with Gasteiger partial charge in [-0.25, -0.2) is 0 Å². The lowest BCUT2D eigenvalue weighted by Crippen LogP contribution is -2.66. The molecule has 0 amide bonds. The first-order valence-electron chi connectivity index (χ1n) is 4.43. The Kier molecular flexibility index (Phi) is 3.65. The number of likely N-dealkylation sites (N-methyl/N-ethyl adjacent to an activating group) is 1. The van der Waals surface area contributed by atoms with Crippen LogP contribution in [0.4, 0.5) is 0 Å². The molecule has 1 N–H and O–H groups in total. The largest absolute Gasteiger partial charge is 0.544 e. The second-order valence-electron chi connectivity index (χ2n) is 4.13. The van der Waals surface area contributed by atoms with Gasteiger partial charge in [0.1, 0.15) is 17.9 Å². The fourth-order valence-electron chi connectivity index (χ4n) is 1.18. The van der Waals surface area contributed by atoms with E-state index in [2.05, 4.69) is 0 Å². The van der Waals surface area contributed by atoms with Crippen LogP contribution in [0.1, 0.15) is 20.3 Å². The highest BCUT2D eigenvalue weighted by molar-refractivity contribution is 5.81. The summed E-state index contributed by atoms with van der Waals surface area (Å²) in [5, 5.41) is 19.6. The molecule has 0 heterocycles. The van der Waals surface area contributed by atoms with E-state index in [0.29, 0.717) is 6.54 Å². The molecular weight excluding hydrogens is 186 g/mol. The molecule has 0 rings (SSSR count). The summed E-state index contributed by atoms with van der Waals surface area (Å²) in [4.78, 5) is 21.6. The second-order valence-corrected chi connectivity index (χ2v) is 4.13. The Hall–Kier alpha value is -1.10. The van der Waals surface area contributed by atoms with Crippen LogP contribution in [-0.4, -0.2) is 47.7 Å². The van der Waals surface area contributed by atoms with Crippen LogP contribution < -0.4 is 5.11 Å². The molecule has 1 unspecified atom stereocenters. The van der Waals surface area contributed by atoms with Gasteiger partial charge in [0.25, 0.3) is 0 Å². The van der Waals surface area contributed by atoms with Crippen molar-refractivity contribution >= 4 is 11.9 Å². The zero-order valence-electron chi connectivity index (χ0n) is 9.03. The molecule has 0 radical (unpaired) electrons. The Bertz CT molecular complexity index is 249. The van der Waals surface area contributed by atoms with Gasteiger partial charge in [-0.2, -0.15) is 0 Å². The van der Waals surface area contributed by atoms with E-state index in [1.165, 1.54) is 6.92 Å². The van der Waals surface area contributed by atoms with Crippen molar-refractivity contribution in [2.24, 2.45) is 0 Å². The number of nitrogens with zero attached hydrogens (tertiary/aromatic N) is 1. The molecule has 0 aliphatic heterocycles. The summed E-state index contributed by atoms with van der Waals surface area (Å²) < 4.78 is 0.0850. The molecule has 0 aromatic carbocycles. The van der Waals surface area contributed by atoms with Gasteiger partial charge < -0.3 is 19.5 Å². The standard InChI is InChI=1S/C9H17NO4/c1-5-10(3,4)9(2,8(13)14)6-7(11)12/h5-6H2,1-4H3,(H-,11,12,13,14). The molecular formula is C9H17NO4. The van der Waals surface area contributed by atoms with Crippen molar-refractivity contribution in [3.63, 3.8) is 0 Å². The number of rotatable bonds is 5. The minimum absolute atomic E-state index is 0.0850. The molecule has 0 saturated carbocycles. The second kappa shape index (κ2) is 3.96. The molecule has 0 spiro atoms. The third-order valence-corrected chi connectivity index (χ3v) is 3.06. The van der Waals surface area contributed by atoms with Crippen LogP contribution in [-0.2, 0) is 9.59 Å². The molecule has 1 atom stereocenters. The van der Waals surface area contributed by atoms with Gasteiger partial charge in [-0.3, -0.25) is 4.79 Å². The average Bonchev–Trinajstić information content (AvgIpc) is 2.02. The fourth-order valence-corrected chi connectivity index (χ4v) is 1.18. The monoisotopic (exact) mass is 203 g/mol. The first kappa shape index (κ1) is 12.9. The van der Waals surface area contributed by atoms with Gasteiger partial charge in [-0.15, -0.1) is 0 Å².